The molecule has 1 atom stereocenters. The second kappa shape index (κ2) is 9.20. The highest BCUT2D eigenvalue weighted by atomic mass is 35.5. The molecule has 0 aliphatic carbocycles. The Morgan fingerprint density at radius 2 is 1.88 bits per heavy atom. The molecule has 1 aromatic carbocycles. The van der Waals surface area contributed by atoms with E-state index in [9.17, 15) is 4.79 Å². The molecule has 2 nitrogen and oxygen atoms in total. The topological polar surface area (TPSA) is 29.1 Å². The van der Waals surface area contributed by atoms with Crippen molar-refractivity contribution in [1.82, 2.24) is 5.32 Å². The fourth-order valence-electron chi connectivity index (χ4n) is 1.68. The molecule has 1 N–H and O–H groups in total. The minimum atomic E-state index is -0.0334. The number of Topliss-reactive ketones (excluding diaryl/α,β-unsaturated/α-hetero) is 1. The second-order valence-electron chi connectivity index (χ2n) is 4.00. The first-order valence-corrected chi connectivity index (χ1v) is 6.12. The van der Waals surface area contributed by atoms with E-state index < -0.39 is 0 Å². The predicted octanol–water partition coefficient (Wildman–Crippen LogP) is 3.46. The molecule has 1 aromatic rings. The van der Waals surface area contributed by atoms with Gasteiger partial charge in [0.1, 0.15) is 0 Å². The summed E-state index contributed by atoms with van der Waals surface area (Å²) >= 11 is 0. The number of hydrogen-bond acceptors (Lipinski definition) is 2. The van der Waals surface area contributed by atoms with Crippen LogP contribution in [-0.2, 0) is 0 Å². The molecule has 0 bridgehead atoms. The Kier molecular flexibility index (Phi) is 8.73. The maximum Gasteiger partial charge on any atom is 0.179 e. The standard InChI is InChI=1S/C14H21NO.ClH/c1-3-5-11-15-13(4-2)14(16)12-9-7-6-8-10-12;/h6-10,13,15H,3-5,11H2,1-2H3;1H. The summed E-state index contributed by atoms with van der Waals surface area (Å²) in [5.41, 5.74) is 0.804. The highest BCUT2D eigenvalue weighted by molar-refractivity contribution is 6.00. The van der Waals surface area contributed by atoms with E-state index in [1.165, 1.54) is 0 Å². The maximum absolute atomic E-state index is 12.1. The molecule has 1 rings (SSSR count). The fourth-order valence-corrected chi connectivity index (χ4v) is 1.68. The lowest BCUT2D eigenvalue weighted by Crippen LogP contribution is -2.36. The number of carbonyl (C=O) groups is 1. The van der Waals surface area contributed by atoms with Crippen LogP contribution in [0.5, 0.6) is 0 Å². The number of halogens is 1. The summed E-state index contributed by atoms with van der Waals surface area (Å²) in [6.07, 6.45) is 3.12. The third-order valence-corrected chi connectivity index (χ3v) is 2.70. The zero-order valence-corrected chi connectivity index (χ0v) is 11.4. The van der Waals surface area contributed by atoms with Crippen molar-refractivity contribution >= 4 is 18.2 Å². The van der Waals surface area contributed by atoms with E-state index >= 15 is 0 Å². The fraction of sp³-hybridized carbons (Fsp3) is 0.500. The molecule has 0 fully saturated rings. The van der Waals surface area contributed by atoms with Crippen LogP contribution in [0.15, 0.2) is 30.3 Å². The Morgan fingerprint density at radius 1 is 1.24 bits per heavy atom. The van der Waals surface area contributed by atoms with Gasteiger partial charge in [-0.05, 0) is 19.4 Å². The normalized spacial score (nSPS) is 11.6. The van der Waals surface area contributed by atoms with Crippen molar-refractivity contribution in [3.8, 4) is 0 Å². The van der Waals surface area contributed by atoms with Gasteiger partial charge in [0.2, 0.25) is 0 Å². The van der Waals surface area contributed by atoms with E-state index in [4.69, 9.17) is 0 Å². The quantitative estimate of drug-likeness (QED) is 0.597. The number of rotatable bonds is 7. The largest absolute Gasteiger partial charge is 0.307 e. The third-order valence-electron chi connectivity index (χ3n) is 2.70. The van der Waals surface area contributed by atoms with Crippen molar-refractivity contribution in [3.05, 3.63) is 35.9 Å². The van der Waals surface area contributed by atoms with Gasteiger partial charge in [-0.3, -0.25) is 4.79 Å². The number of ketones is 1. The van der Waals surface area contributed by atoms with Gasteiger partial charge in [0.15, 0.2) is 5.78 Å². The summed E-state index contributed by atoms with van der Waals surface area (Å²) in [6, 6.07) is 9.48. The van der Waals surface area contributed by atoms with Crippen molar-refractivity contribution in [3.63, 3.8) is 0 Å². The molecule has 0 saturated carbocycles. The summed E-state index contributed by atoms with van der Waals surface area (Å²) < 4.78 is 0. The van der Waals surface area contributed by atoms with Crippen LogP contribution in [0.4, 0.5) is 0 Å². The highest BCUT2D eigenvalue weighted by Gasteiger charge is 2.16. The van der Waals surface area contributed by atoms with Crippen molar-refractivity contribution in [2.24, 2.45) is 0 Å². The van der Waals surface area contributed by atoms with Crippen molar-refractivity contribution < 1.29 is 4.79 Å². The van der Waals surface area contributed by atoms with E-state index in [-0.39, 0.29) is 24.2 Å². The molecule has 0 amide bonds. The summed E-state index contributed by atoms with van der Waals surface area (Å²) in [4.78, 5) is 12.1. The second-order valence-corrected chi connectivity index (χ2v) is 4.00. The maximum atomic E-state index is 12.1. The minimum Gasteiger partial charge on any atom is -0.307 e. The van der Waals surface area contributed by atoms with E-state index in [1.807, 2.05) is 37.3 Å². The van der Waals surface area contributed by atoms with Crippen LogP contribution in [0.1, 0.15) is 43.5 Å². The molecular weight excluding hydrogens is 234 g/mol. The molecule has 0 aromatic heterocycles. The Bertz CT molecular complexity index is 313. The molecule has 1 unspecified atom stereocenters. The number of hydrogen-bond donors (Lipinski definition) is 1. The summed E-state index contributed by atoms with van der Waals surface area (Å²) in [5, 5.41) is 3.32. The lowest BCUT2D eigenvalue weighted by Gasteiger charge is -2.15. The van der Waals surface area contributed by atoms with Gasteiger partial charge < -0.3 is 5.32 Å². The van der Waals surface area contributed by atoms with Crippen LogP contribution in [-0.4, -0.2) is 18.4 Å². The molecule has 0 spiro atoms. The molecule has 0 radical (unpaired) electrons. The monoisotopic (exact) mass is 255 g/mol. The molecule has 17 heavy (non-hydrogen) atoms. The van der Waals surface area contributed by atoms with Gasteiger partial charge in [0, 0.05) is 5.56 Å². The lowest BCUT2D eigenvalue weighted by molar-refractivity contribution is 0.0940. The summed E-state index contributed by atoms with van der Waals surface area (Å²) in [7, 11) is 0. The Morgan fingerprint density at radius 3 is 2.41 bits per heavy atom. The molecule has 0 aliphatic heterocycles. The van der Waals surface area contributed by atoms with Crippen molar-refractivity contribution in [2.45, 2.75) is 39.2 Å². The zero-order chi connectivity index (χ0) is 11.8. The molecule has 0 saturated heterocycles. The van der Waals surface area contributed by atoms with Gasteiger partial charge in [-0.15, -0.1) is 12.4 Å². The van der Waals surface area contributed by atoms with Crippen molar-refractivity contribution in [2.75, 3.05) is 6.54 Å². The smallest absolute Gasteiger partial charge is 0.179 e. The average Bonchev–Trinajstić information content (AvgIpc) is 2.35. The SMILES string of the molecule is CCCCNC(CC)C(=O)c1ccccc1.Cl. The summed E-state index contributed by atoms with van der Waals surface area (Å²) in [5.74, 6) is 0.208. The Hall–Kier alpha value is -0.860. The molecule has 96 valence electrons. The van der Waals surface area contributed by atoms with Crippen molar-refractivity contribution in [1.29, 1.82) is 0 Å². The number of unbranched alkanes of at least 4 members (excludes halogenated alkanes) is 1. The first kappa shape index (κ1) is 16.1. The number of nitrogens with one attached hydrogen (secondary N) is 1. The molecule has 3 heteroatoms. The van der Waals surface area contributed by atoms with E-state index in [0.29, 0.717) is 0 Å². The summed E-state index contributed by atoms with van der Waals surface area (Å²) in [6.45, 7) is 5.12. The zero-order valence-electron chi connectivity index (χ0n) is 10.6. The van der Waals surface area contributed by atoms with Crippen LogP contribution in [0.2, 0.25) is 0 Å². The van der Waals surface area contributed by atoms with Gasteiger partial charge in [-0.25, -0.2) is 0 Å². The average molecular weight is 256 g/mol. The van der Waals surface area contributed by atoms with Crippen LogP contribution in [0.3, 0.4) is 0 Å². The van der Waals surface area contributed by atoms with Gasteiger partial charge >= 0.3 is 0 Å². The molecule has 0 aliphatic rings. The predicted molar refractivity (Wildman–Crippen MR) is 75.0 cm³/mol. The van der Waals surface area contributed by atoms with E-state index in [0.717, 1.165) is 31.4 Å². The Balaban J connectivity index is 0.00000256. The first-order chi connectivity index (χ1) is 7.79. The van der Waals surface area contributed by atoms with Crippen LogP contribution in [0, 0.1) is 0 Å². The van der Waals surface area contributed by atoms with Gasteiger partial charge in [0.05, 0.1) is 6.04 Å². The molecular formula is C14H22ClNO. The minimum absolute atomic E-state index is 0. The van der Waals surface area contributed by atoms with Gasteiger partial charge in [-0.2, -0.15) is 0 Å². The van der Waals surface area contributed by atoms with E-state index in [1.54, 1.807) is 0 Å². The Labute approximate surface area is 110 Å². The third kappa shape index (κ3) is 5.33. The molecule has 0 heterocycles. The number of benzene rings is 1. The lowest BCUT2D eigenvalue weighted by atomic mass is 10.0. The number of carbonyl (C=O) groups excluding carboxylic acids is 1. The highest BCUT2D eigenvalue weighted by Crippen LogP contribution is 2.06. The van der Waals surface area contributed by atoms with Gasteiger partial charge in [-0.1, -0.05) is 50.6 Å². The first-order valence-electron chi connectivity index (χ1n) is 6.12. The van der Waals surface area contributed by atoms with Gasteiger partial charge in [0.25, 0.3) is 0 Å². The van der Waals surface area contributed by atoms with Crippen LogP contribution in [0.25, 0.3) is 0 Å². The van der Waals surface area contributed by atoms with E-state index in [2.05, 4.69) is 12.2 Å². The van der Waals surface area contributed by atoms with Crippen LogP contribution < -0.4 is 5.32 Å². The van der Waals surface area contributed by atoms with Crippen LogP contribution >= 0.6 is 12.4 Å².